The SMILES string of the molecule is CC1CN(C2(CN)CC(C)(C)CC2C)CCN1C. The van der Waals surface area contributed by atoms with E-state index in [0.29, 0.717) is 17.4 Å². The third-order valence-electron chi connectivity index (χ3n) is 5.50. The Morgan fingerprint density at radius 1 is 1.22 bits per heavy atom. The van der Waals surface area contributed by atoms with E-state index in [4.69, 9.17) is 5.73 Å². The Morgan fingerprint density at radius 2 is 1.89 bits per heavy atom. The van der Waals surface area contributed by atoms with Gasteiger partial charge in [-0.2, -0.15) is 0 Å². The van der Waals surface area contributed by atoms with E-state index >= 15 is 0 Å². The lowest BCUT2D eigenvalue weighted by Gasteiger charge is -2.50. The molecule has 2 rings (SSSR count). The number of nitrogens with zero attached hydrogens (tertiary/aromatic N) is 2. The summed E-state index contributed by atoms with van der Waals surface area (Å²) in [5.41, 5.74) is 6.93. The molecule has 0 amide bonds. The lowest BCUT2D eigenvalue weighted by molar-refractivity contribution is -0.00230. The van der Waals surface area contributed by atoms with Crippen molar-refractivity contribution in [2.45, 2.75) is 52.1 Å². The number of piperazine rings is 1. The molecule has 2 N–H and O–H groups in total. The molecule has 1 saturated heterocycles. The number of hydrogen-bond donors (Lipinski definition) is 1. The Morgan fingerprint density at radius 3 is 2.33 bits per heavy atom. The summed E-state index contributed by atoms with van der Waals surface area (Å²) in [5.74, 6) is 0.716. The van der Waals surface area contributed by atoms with Gasteiger partial charge in [0.25, 0.3) is 0 Å². The van der Waals surface area contributed by atoms with Crippen molar-refractivity contribution in [1.82, 2.24) is 9.80 Å². The van der Waals surface area contributed by atoms with E-state index < -0.39 is 0 Å². The van der Waals surface area contributed by atoms with Gasteiger partial charge >= 0.3 is 0 Å². The summed E-state index contributed by atoms with van der Waals surface area (Å²) in [4.78, 5) is 5.17. The van der Waals surface area contributed by atoms with Crippen molar-refractivity contribution in [2.75, 3.05) is 33.2 Å². The number of likely N-dealkylation sites (N-methyl/N-ethyl adjacent to an activating group) is 1. The summed E-state index contributed by atoms with van der Waals surface area (Å²) in [7, 11) is 2.24. The second kappa shape index (κ2) is 4.77. The van der Waals surface area contributed by atoms with Gasteiger partial charge in [0.1, 0.15) is 0 Å². The third kappa shape index (κ3) is 2.33. The Kier molecular flexibility index (Phi) is 3.79. The maximum Gasteiger partial charge on any atom is 0.0363 e. The first kappa shape index (κ1) is 14.3. The van der Waals surface area contributed by atoms with Gasteiger partial charge in [0.05, 0.1) is 0 Å². The van der Waals surface area contributed by atoms with Crippen LogP contribution in [0, 0.1) is 11.3 Å². The van der Waals surface area contributed by atoms with Crippen LogP contribution in [0.3, 0.4) is 0 Å². The molecule has 0 spiro atoms. The summed E-state index contributed by atoms with van der Waals surface area (Å²) in [5, 5.41) is 0. The van der Waals surface area contributed by atoms with E-state index in [1.807, 2.05) is 0 Å². The second-order valence-corrected chi connectivity index (χ2v) is 7.53. The topological polar surface area (TPSA) is 32.5 Å². The fraction of sp³-hybridized carbons (Fsp3) is 1.00. The molecule has 3 atom stereocenters. The summed E-state index contributed by atoms with van der Waals surface area (Å²) >= 11 is 0. The maximum atomic E-state index is 6.24. The van der Waals surface area contributed by atoms with Crippen LogP contribution in [0.4, 0.5) is 0 Å². The summed E-state index contributed by atoms with van der Waals surface area (Å²) in [6.07, 6.45) is 2.57. The van der Waals surface area contributed by atoms with E-state index in [0.717, 1.165) is 6.54 Å². The normalized spacial score (nSPS) is 42.3. The van der Waals surface area contributed by atoms with Crippen LogP contribution in [-0.4, -0.2) is 54.6 Å². The molecule has 3 heteroatoms. The zero-order valence-corrected chi connectivity index (χ0v) is 12.9. The molecule has 18 heavy (non-hydrogen) atoms. The van der Waals surface area contributed by atoms with Gasteiger partial charge < -0.3 is 10.6 Å². The Balaban J connectivity index is 2.18. The fourth-order valence-corrected chi connectivity index (χ4v) is 4.37. The molecule has 106 valence electrons. The summed E-state index contributed by atoms with van der Waals surface area (Å²) in [6, 6.07) is 0.651. The van der Waals surface area contributed by atoms with Gasteiger partial charge in [-0.1, -0.05) is 20.8 Å². The summed E-state index contributed by atoms with van der Waals surface area (Å²) < 4.78 is 0. The van der Waals surface area contributed by atoms with Crippen molar-refractivity contribution < 1.29 is 0 Å². The molecule has 2 fully saturated rings. The van der Waals surface area contributed by atoms with E-state index in [2.05, 4.69) is 44.5 Å². The predicted molar refractivity (Wildman–Crippen MR) is 77.6 cm³/mol. The molecule has 1 heterocycles. The van der Waals surface area contributed by atoms with Crippen LogP contribution in [0.5, 0.6) is 0 Å². The lowest BCUT2D eigenvalue weighted by Crippen LogP contribution is -2.63. The van der Waals surface area contributed by atoms with Crippen LogP contribution >= 0.6 is 0 Å². The zero-order chi connectivity index (χ0) is 13.6. The molecule has 0 bridgehead atoms. The van der Waals surface area contributed by atoms with E-state index in [9.17, 15) is 0 Å². The van der Waals surface area contributed by atoms with Gasteiger partial charge in [0.15, 0.2) is 0 Å². The first-order chi connectivity index (χ1) is 8.31. The van der Waals surface area contributed by atoms with Crippen LogP contribution < -0.4 is 5.73 Å². The summed E-state index contributed by atoms with van der Waals surface area (Å²) in [6.45, 7) is 13.9. The van der Waals surface area contributed by atoms with Crippen molar-refractivity contribution in [3.05, 3.63) is 0 Å². The molecule has 3 unspecified atom stereocenters. The van der Waals surface area contributed by atoms with Gasteiger partial charge in [-0.05, 0) is 38.1 Å². The molecular formula is C15H31N3. The van der Waals surface area contributed by atoms with Crippen LogP contribution in [0.2, 0.25) is 0 Å². The molecule has 1 saturated carbocycles. The van der Waals surface area contributed by atoms with Crippen molar-refractivity contribution >= 4 is 0 Å². The number of hydrogen-bond acceptors (Lipinski definition) is 3. The highest BCUT2D eigenvalue weighted by molar-refractivity contribution is 5.07. The van der Waals surface area contributed by atoms with E-state index in [1.165, 1.54) is 32.5 Å². The predicted octanol–water partition coefficient (Wildman–Crippen LogP) is 1.78. The van der Waals surface area contributed by atoms with Gasteiger partial charge in [-0.3, -0.25) is 4.90 Å². The first-order valence-electron chi connectivity index (χ1n) is 7.46. The molecular weight excluding hydrogens is 222 g/mol. The molecule has 0 aromatic rings. The van der Waals surface area contributed by atoms with Gasteiger partial charge in [0.2, 0.25) is 0 Å². The van der Waals surface area contributed by atoms with Crippen LogP contribution in [-0.2, 0) is 0 Å². The average Bonchev–Trinajstić information content (AvgIpc) is 2.53. The molecule has 1 aliphatic heterocycles. The van der Waals surface area contributed by atoms with Crippen LogP contribution in [0.25, 0.3) is 0 Å². The van der Waals surface area contributed by atoms with Crippen LogP contribution in [0.1, 0.15) is 40.5 Å². The standard InChI is InChI=1S/C15H31N3/c1-12-8-14(3,4)10-15(12,11-16)18-7-6-17(5)13(2)9-18/h12-13H,6-11,16H2,1-5H3. The monoisotopic (exact) mass is 253 g/mol. The first-order valence-corrected chi connectivity index (χ1v) is 7.46. The van der Waals surface area contributed by atoms with Crippen LogP contribution in [0.15, 0.2) is 0 Å². The van der Waals surface area contributed by atoms with Gasteiger partial charge in [-0.15, -0.1) is 0 Å². The Hall–Kier alpha value is -0.120. The molecule has 0 aromatic carbocycles. The van der Waals surface area contributed by atoms with E-state index in [1.54, 1.807) is 0 Å². The third-order valence-corrected chi connectivity index (χ3v) is 5.50. The van der Waals surface area contributed by atoms with Crippen molar-refractivity contribution in [3.63, 3.8) is 0 Å². The van der Waals surface area contributed by atoms with E-state index in [-0.39, 0.29) is 5.54 Å². The van der Waals surface area contributed by atoms with Gasteiger partial charge in [-0.25, -0.2) is 0 Å². The minimum Gasteiger partial charge on any atom is -0.329 e. The van der Waals surface area contributed by atoms with Crippen molar-refractivity contribution in [1.29, 1.82) is 0 Å². The average molecular weight is 253 g/mol. The van der Waals surface area contributed by atoms with Crippen molar-refractivity contribution in [3.8, 4) is 0 Å². The smallest absolute Gasteiger partial charge is 0.0363 e. The highest BCUT2D eigenvalue weighted by atomic mass is 15.3. The van der Waals surface area contributed by atoms with Crippen molar-refractivity contribution in [2.24, 2.45) is 17.1 Å². The maximum absolute atomic E-state index is 6.24. The highest BCUT2D eigenvalue weighted by Gasteiger charge is 2.51. The second-order valence-electron chi connectivity index (χ2n) is 7.53. The zero-order valence-electron chi connectivity index (χ0n) is 12.9. The minimum absolute atomic E-state index is 0.249. The molecule has 0 aromatic heterocycles. The fourth-order valence-electron chi connectivity index (χ4n) is 4.37. The lowest BCUT2D eigenvalue weighted by atomic mass is 9.83. The largest absolute Gasteiger partial charge is 0.329 e. The Bertz CT molecular complexity index is 302. The highest BCUT2D eigenvalue weighted by Crippen LogP contribution is 2.50. The minimum atomic E-state index is 0.249. The molecule has 3 nitrogen and oxygen atoms in total. The molecule has 1 aliphatic carbocycles. The molecule has 2 aliphatic rings. The Labute approximate surface area is 113 Å². The molecule has 0 radical (unpaired) electrons. The number of nitrogens with two attached hydrogens (primary N) is 1. The van der Waals surface area contributed by atoms with Gasteiger partial charge in [0, 0.05) is 37.8 Å². The number of rotatable bonds is 2. The quantitative estimate of drug-likeness (QED) is 0.814.